The summed E-state index contributed by atoms with van der Waals surface area (Å²) in [5.41, 5.74) is 3.15. The van der Waals surface area contributed by atoms with E-state index in [1.807, 2.05) is 0 Å². The first-order valence-corrected chi connectivity index (χ1v) is 7.54. The number of rotatable bonds is 1. The van der Waals surface area contributed by atoms with Gasteiger partial charge in [0.25, 0.3) is 0 Å². The largest absolute Gasteiger partial charge is 0.299 e. The van der Waals surface area contributed by atoms with Crippen LogP contribution >= 0.6 is 0 Å². The molecule has 0 spiro atoms. The summed E-state index contributed by atoms with van der Waals surface area (Å²) in [6.07, 6.45) is 6.30. The summed E-state index contributed by atoms with van der Waals surface area (Å²) >= 11 is 0. The van der Waals surface area contributed by atoms with Gasteiger partial charge >= 0.3 is 0 Å². The second-order valence-electron chi connectivity index (χ2n) is 6.78. The Morgan fingerprint density at radius 1 is 1.16 bits per heavy atom. The van der Waals surface area contributed by atoms with Crippen LogP contribution in [0.15, 0.2) is 24.3 Å². The van der Waals surface area contributed by atoms with Crippen LogP contribution in [0.1, 0.15) is 66.7 Å². The summed E-state index contributed by atoms with van der Waals surface area (Å²) in [5.74, 6) is 0.846. The lowest BCUT2D eigenvalue weighted by Crippen LogP contribution is -2.50. The van der Waals surface area contributed by atoms with Crippen molar-refractivity contribution < 1.29 is 4.79 Å². The highest BCUT2D eigenvalue weighted by molar-refractivity contribution is 5.84. The molecule has 0 amide bonds. The fraction of sp³-hybridized carbons (Fsp3) is 0.722. The molecular formula is C18H30O. The van der Waals surface area contributed by atoms with Gasteiger partial charge in [0.05, 0.1) is 0 Å². The van der Waals surface area contributed by atoms with E-state index in [0.29, 0.717) is 11.7 Å². The minimum absolute atomic E-state index is 0.0479. The standard InChI is InChI=1S/C16H26O.C2H4/c1-11-10-13-8-6-7-9-14(13)15(3,4)16(11,5)12(2)17;1-2/h11H,6-10H2,1-5H3;1-2H2. The summed E-state index contributed by atoms with van der Waals surface area (Å²) < 4.78 is 0. The van der Waals surface area contributed by atoms with Crippen molar-refractivity contribution in [1.29, 1.82) is 0 Å². The summed E-state index contributed by atoms with van der Waals surface area (Å²) in [6.45, 7) is 16.8. The molecule has 0 N–H and O–H groups in total. The molecule has 1 heteroatoms. The van der Waals surface area contributed by atoms with Gasteiger partial charge in [-0.15, -0.1) is 13.2 Å². The van der Waals surface area contributed by atoms with E-state index < -0.39 is 0 Å². The lowest BCUT2D eigenvalue weighted by molar-refractivity contribution is -0.136. The van der Waals surface area contributed by atoms with Crippen LogP contribution in [0.5, 0.6) is 0 Å². The van der Waals surface area contributed by atoms with Crippen LogP contribution < -0.4 is 0 Å². The normalized spacial score (nSPS) is 33.0. The molecule has 0 radical (unpaired) electrons. The predicted molar refractivity (Wildman–Crippen MR) is 83.1 cm³/mol. The molecule has 108 valence electrons. The zero-order valence-corrected chi connectivity index (χ0v) is 13.4. The molecular weight excluding hydrogens is 232 g/mol. The Hall–Kier alpha value is -0.850. The van der Waals surface area contributed by atoms with Crippen LogP contribution in [0.2, 0.25) is 0 Å². The van der Waals surface area contributed by atoms with E-state index in [1.165, 1.54) is 25.7 Å². The molecule has 1 nitrogen and oxygen atoms in total. The van der Waals surface area contributed by atoms with Gasteiger partial charge in [-0.25, -0.2) is 0 Å². The minimum Gasteiger partial charge on any atom is -0.299 e. The van der Waals surface area contributed by atoms with Crippen LogP contribution in [0.4, 0.5) is 0 Å². The molecule has 2 atom stereocenters. The highest BCUT2D eigenvalue weighted by Crippen LogP contribution is 2.58. The van der Waals surface area contributed by atoms with Gasteiger partial charge < -0.3 is 0 Å². The fourth-order valence-corrected chi connectivity index (χ4v) is 4.24. The Kier molecular flexibility index (Phi) is 4.81. The zero-order chi connectivity index (χ0) is 14.8. The Morgan fingerprint density at radius 2 is 1.68 bits per heavy atom. The molecule has 0 aromatic carbocycles. The van der Waals surface area contributed by atoms with Crippen LogP contribution in [0.25, 0.3) is 0 Å². The van der Waals surface area contributed by atoms with Crippen molar-refractivity contribution in [3.8, 4) is 0 Å². The molecule has 0 saturated carbocycles. The maximum Gasteiger partial charge on any atom is 0.136 e. The van der Waals surface area contributed by atoms with Gasteiger partial charge in [0, 0.05) is 5.41 Å². The molecule has 0 bridgehead atoms. The highest BCUT2D eigenvalue weighted by Gasteiger charge is 2.53. The average molecular weight is 262 g/mol. The topological polar surface area (TPSA) is 17.1 Å². The van der Waals surface area contributed by atoms with Crippen molar-refractivity contribution in [1.82, 2.24) is 0 Å². The first-order chi connectivity index (χ1) is 8.81. The molecule has 2 rings (SSSR count). The van der Waals surface area contributed by atoms with E-state index in [-0.39, 0.29) is 10.8 Å². The van der Waals surface area contributed by atoms with Gasteiger partial charge in [-0.2, -0.15) is 0 Å². The summed E-state index contributed by atoms with van der Waals surface area (Å²) in [6, 6.07) is 0. The molecule has 0 saturated heterocycles. The summed E-state index contributed by atoms with van der Waals surface area (Å²) in [5, 5.41) is 0. The van der Waals surface area contributed by atoms with Crippen LogP contribution in [0.3, 0.4) is 0 Å². The molecule has 19 heavy (non-hydrogen) atoms. The predicted octanol–water partition coefficient (Wildman–Crippen LogP) is 5.32. The molecule has 2 aliphatic carbocycles. The molecule has 2 unspecified atom stereocenters. The van der Waals surface area contributed by atoms with E-state index in [9.17, 15) is 4.79 Å². The van der Waals surface area contributed by atoms with Crippen molar-refractivity contribution in [3.63, 3.8) is 0 Å². The minimum atomic E-state index is -0.177. The molecule has 0 aromatic rings. The third-order valence-electron chi connectivity index (χ3n) is 5.90. The zero-order valence-electron chi connectivity index (χ0n) is 13.4. The van der Waals surface area contributed by atoms with Gasteiger partial charge in [0.1, 0.15) is 5.78 Å². The summed E-state index contributed by atoms with van der Waals surface area (Å²) in [4.78, 5) is 12.2. The summed E-state index contributed by atoms with van der Waals surface area (Å²) in [7, 11) is 0. The quantitative estimate of drug-likeness (QED) is 0.584. The smallest absolute Gasteiger partial charge is 0.136 e. The lowest BCUT2D eigenvalue weighted by atomic mass is 9.49. The second-order valence-corrected chi connectivity index (χ2v) is 6.78. The first-order valence-electron chi connectivity index (χ1n) is 7.54. The fourth-order valence-electron chi connectivity index (χ4n) is 4.24. The van der Waals surface area contributed by atoms with E-state index in [2.05, 4.69) is 40.9 Å². The number of ketones is 1. The first kappa shape index (κ1) is 16.2. The van der Waals surface area contributed by atoms with Crippen molar-refractivity contribution >= 4 is 5.78 Å². The highest BCUT2D eigenvalue weighted by atomic mass is 16.1. The Morgan fingerprint density at radius 3 is 2.21 bits per heavy atom. The van der Waals surface area contributed by atoms with Crippen LogP contribution in [-0.2, 0) is 4.79 Å². The van der Waals surface area contributed by atoms with E-state index >= 15 is 0 Å². The van der Waals surface area contributed by atoms with Crippen LogP contribution in [0, 0.1) is 16.7 Å². The number of allylic oxidation sites excluding steroid dienone is 2. The van der Waals surface area contributed by atoms with Gasteiger partial charge in [0.15, 0.2) is 0 Å². The Labute approximate surface area is 119 Å². The van der Waals surface area contributed by atoms with Crippen molar-refractivity contribution in [3.05, 3.63) is 24.3 Å². The van der Waals surface area contributed by atoms with Gasteiger partial charge in [-0.05, 0) is 50.4 Å². The molecule has 0 aliphatic heterocycles. The molecule has 0 fully saturated rings. The number of carbonyl (C=O) groups is 1. The molecule has 0 heterocycles. The monoisotopic (exact) mass is 262 g/mol. The average Bonchev–Trinajstić information content (AvgIpc) is 2.38. The van der Waals surface area contributed by atoms with E-state index in [1.54, 1.807) is 18.1 Å². The SMILES string of the molecule is C=C.CC(=O)C1(C)C(C)CC2=C(CCCC2)C1(C)C. The maximum absolute atomic E-state index is 12.2. The van der Waals surface area contributed by atoms with E-state index in [4.69, 9.17) is 0 Å². The third kappa shape index (κ3) is 2.32. The Balaban J connectivity index is 0.000000861. The van der Waals surface area contributed by atoms with Gasteiger partial charge in [-0.3, -0.25) is 4.79 Å². The number of hydrogen-bond donors (Lipinski definition) is 0. The second kappa shape index (κ2) is 5.64. The maximum atomic E-state index is 12.2. The van der Waals surface area contributed by atoms with Gasteiger partial charge in [0.2, 0.25) is 0 Å². The van der Waals surface area contributed by atoms with Crippen molar-refractivity contribution in [2.75, 3.05) is 0 Å². The number of Topliss-reactive ketones (excluding diaryl/α,β-unsaturated/α-hetero) is 1. The van der Waals surface area contributed by atoms with Crippen LogP contribution in [-0.4, -0.2) is 5.78 Å². The van der Waals surface area contributed by atoms with Crippen molar-refractivity contribution in [2.24, 2.45) is 16.7 Å². The van der Waals surface area contributed by atoms with E-state index in [0.717, 1.165) is 6.42 Å². The molecule has 2 aliphatic rings. The van der Waals surface area contributed by atoms with Gasteiger partial charge in [-0.1, -0.05) is 38.8 Å². The number of hydrogen-bond acceptors (Lipinski definition) is 1. The van der Waals surface area contributed by atoms with Crippen molar-refractivity contribution in [2.45, 2.75) is 66.7 Å². The number of carbonyl (C=O) groups excluding carboxylic acids is 1. The third-order valence-corrected chi connectivity index (χ3v) is 5.90. The molecule has 0 aromatic heterocycles. The Bertz CT molecular complexity index is 388. The lowest BCUT2D eigenvalue weighted by Gasteiger charge is -2.53.